The van der Waals surface area contributed by atoms with Crippen LogP contribution in [0, 0.1) is 5.92 Å². The number of fused-ring (bicyclic) bond motifs is 2. The van der Waals surface area contributed by atoms with E-state index in [9.17, 15) is 4.79 Å². The maximum atomic E-state index is 10.2. The van der Waals surface area contributed by atoms with Crippen molar-refractivity contribution in [3.8, 4) is 0 Å². The topological polar surface area (TPSA) is 73.7 Å². The summed E-state index contributed by atoms with van der Waals surface area (Å²) in [6.07, 6.45) is 5.20. The van der Waals surface area contributed by atoms with E-state index in [1.165, 1.54) is 0 Å². The molecule has 2 rings (SSSR count). The summed E-state index contributed by atoms with van der Waals surface area (Å²) in [5.74, 6) is 0.326. The van der Waals surface area contributed by atoms with Gasteiger partial charge in [0.05, 0.1) is 6.04 Å². The molecule has 0 aromatic heterocycles. The molecule has 13 heavy (non-hydrogen) atoms. The van der Waals surface area contributed by atoms with Crippen LogP contribution in [0.4, 0.5) is 0 Å². The molecule has 2 bridgehead atoms. The standard InChI is InChI=1S/C8H11N3O2/c12-7(13)4-9-11-8-5-1-2-6(3-5)10-8/h1-2,5-6,9H,3-4H2,(H,10,11)(H,12,13). The lowest BCUT2D eigenvalue weighted by Crippen LogP contribution is -2.42. The van der Waals surface area contributed by atoms with Gasteiger partial charge in [0.25, 0.3) is 0 Å². The predicted octanol–water partition coefficient (Wildman–Crippen LogP) is -0.478. The largest absolute Gasteiger partial charge is 0.480 e. The van der Waals surface area contributed by atoms with Crippen molar-refractivity contribution in [2.24, 2.45) is 10.9 Å². The fraction of sp³-hybridized carbons (Fsp3) is 0.500. The molecule has 70 valence electrons. The molecule has 0 aromatic rings. The zero-order chi connectivity index (χ0) is 9.26. The molecule has 2 atom stereocenters. The summed E-state index contributed by atoms with van der Waals surface area (Å²) in [5.41, 5.74) is 5.41. The monoisotopic (exact) mass is 181 g/mol. The van der Waals surface area contributed by atoms with Crippen molar-refractivity contribution in [2.75, 3.05) is 6.54 Å². The Morgan fingerprint density at radius 2 is 2.54 bits per heavy atom. The van der Waals surface area contributed by atoms with Gasteiger partial charge in [-0.1, -0.05) is 12.2 Å². The van der Waals surface area contributed by atoms with E-state index in [0.717, 1.165) is 12.3 Å². The Morgan fingerprint density at radius 1 is 1.69 bits per heavy atom. The minimum atomic E-state index is -0.883. The molecule has 2 unspecified atom stereocenters. The lowest BCUT2D eigenvalue weighted by atomic mass is 10.1. The van der Waals surface area contributed by atoms with E-state index in [-0.39, 0.29) is 6.54 Å². The summed E-state index contributed by atoms with van der Waals surface area (Å²) in [4.78, 5) is 14.5. The van der Waals surface area contributed by atoms with Gasteiger partial charge in [-0.05, 0) is 6.42 Å². The number of amidine groups is 1. The number of hydrogen-bond acceptors (Lipinski definition) is 4. The molecule has 0 spiro atoms. The molecule has 0 saturated heterocycles. The number of carbonyl (C=O) groups is 1. The van der Waals surface area contributed by atoms with Gasteiger partial charge in [0.2, 0.25) is 0 Å². The normalized spacial score (nSPS) is 29.1. The Kier molecular flexibility index (Phi) is 2.02. The molecule has 5 heteroatoms. The molecule has 5 nitrogen and oxygen atoms in total. The number of hydrazine groups is 1. The molecule has 1 aliphatic carbocycles. The van der Waals surface area contributed by atoms with Gasteiger partial charge in [-0.25, -0.2) is 5.43 Å². The Hall–Kier alpha value is -1.36. The molecule has 2 aliphatic rings. The zero-order valence-corrected chi connectivity index (χ0v) is 7.03. The van der Waals surface area contributed by atoms with Gasteiger partial charge in [-0.2, -0.15) is 0 Å². The van der Waals surface area contributed by atoms with Crippen LogP contribution in [0.1, 0.15) is 6.42 Å². The van der Waals surface area contributed by atoms with Crippen LogP contribution in [0.25, 0.3) is 0 Å². The highest BCUT2D eigenvalue weighted by atomic mass is 16.4. The highest BCUT2D eigenvalue weighted by molar-refractivity contribution is 5.89. The van der Waals surface area contributed by atoms with E-state index in [4.69, 9.17) is 5.11 Å². The smallest absolute Gasteiger partial charge is 0.319 e. The van der Waals surface area contributed by atoms with E-state index < -0.39 is 5.97 Å². The molecule has 0 fully saturated rings. The first-order valence-corrected chi connectivity index (χ1v) is 4.22. The molecule has 0 amide bonds. The first-order valence-electron chi connectivity index (χ1n) is 4.22. The van der Waals surface area contributed by atoms with Crippen LogP contribution in [0.2, 0.25) is 0 Å². The number of hydrogen-bond donors (Lipinski definition) is 3. The summed E-state index contributed by atoms with van der Waals surface area (Å²) in [5, 5.41) is 8.36. The highest BCUT2D eigenvalue weighted by Crippen LogP contribution is 2.27. The number of rotatable bonds is 3. The van der Waals surface area contributed by atoms with Crippen LogP contribution < -0.4 is 10.9 Å². The molecule has 1 aliphatic heterocycles. The van der Waals surface area contributed by atoms with Crippen LogP contribution in [0.15, 0.2) is 17.1 Å². The van der Waals surface area contributed by atoms with Gasteiger partial charge >= 0.3 is 5.97 Å². The van der Waals surface area contributed by atoms with Gasteiger partial charge in [-0.15, -0.1) is 0 Å². The van der Waals surface area contributed by atoms with Crippen molar-refractivity contribution >= 4 is 11.8 Å². The van der Waals surface area contributed by atoms with E-state index in [0.29, 0.717) is 12.0 Å². The number of carboxylic acid groups (broad SMARTS) is 1. The van der Waals surface area contributed by atoms with E-state index in [2.05, 4.69) is 28.0 Å². The fourth-order valence-corrected chi connectivity index (χ4v) is 1.59. The van der Waals surface area contributed by atoms with Crippen LogP contribution in [0.5, 0.6) is 0 Å². The first kappa shape index (κ1) is 8.25. The Morgan fingerprint density at radius 3 is 3.08 bits per heavy atom. The third-order valence-corrected chi connectivity index (χ3v) is 2.17. The quantitative estimate of drug-likeness (QED) is 0.406. The van der Waals surface area contributed by atoms with Crippen molar-refractivity contribution in [1.82, 2.24) is 10.9 Å². The highest BCUT2D eigenvalue weighted by Gasteiger charge is 2.29. The second-order valence-corrected chi connectivity index (χ2v) is 3.18. The Balaban J connectivity index is 1.78. The predicted molar refractivity (Wildman–Crippen MR) is 47.2 cm³/mol. The van der Waals surface area contributed by atoms with Gasteiger partial charge in [0.15, 0.2) is 0 Å². The summed E-state index contributed by atoms with van der Waals surface area (Å²) in [6, 6.07) is 0.305. The number of carboxylic acids is 1. The number of aliphatic imine (C=N–C) groups is 1. The Bertz CT molecular complexity index is 285. The molecule has 3 N–H and O–H groups in total. The van der Waals surface area contributed by atoms with Crippen molar-refractivity contribution in [2.45, 2.75) is 12.5 Å². The average Bonchev–Trinajstić information content (AvgIpc) is 2.64. The van der Waals surface area contributed by atoms with E-state index in [1.807, 2.05) is 0 Å². The zero-order valence-electron chi connectivity index (χ0n) is 7.03. The van der Waals surface area contributed by atoms with Crippen LogP contribution in [0.3, 0.4) is 0 Å². The maximum Gasteiger partial charge on any atom is 0.319 e. The summed E-state index contributed by atoms with van der Waals surface area (Å²) < 4.78 is 0. The van der Waals surface area contributed by atoms with Crippen molar-refractivity contribution in [3.05, 3.63) is 12.2 Å². The average molecular weight is 181 g/mol. The SMILES string of the molecule is O=C(O)CNNC1=NC2C=CC1C2. The van der Waals surface area contributed by atoms with Crippen molar-refractivity contribution in [1.29, 1.82) is 0 Å². The van der Waals surface area contributed by atoms with Crippen LogP contribution >= 0.6 is 0 Å². The fourth-order valence-electron chi connectivity index (χ4n) is 1.59. The van der Waals surface area contributed by atoms with Crippen molar-refractivity contribution < 1.29 is 9.90 Å². The molecule has 0 saturated carbocycles. The molecule has 1 heterocycles. The Labute approximate surface area is 75.5 Å². The van der Waals surface area contributed by atoms with Gasteiger partial charge < -0.3 is 10.5 Å². The first-order chi connectivity index (χ1) is 6.25. The van der Waals surface area contributed by atoms with Crippen molar-refractivity contribution in [3.63, 3.8) is 0 Å². The molecular weight excluding hydrogens is 170 g/mol. The number of dihydropyridines is 1. The molecular formula is C8H11N3O2. The maximum absolute atomic E-state index is 10.2. The van der Waals surface area contributed by atoms with E-state index >= 15 is 0 Å². The van der Waals surface area contributed by atoms with Gasteiger partial charge in [0, 0.05) is 5.92 Å². The van der Waals surface area contributed by atoms with Gasteiger partial charge in [0.1, 0.15) is 12.4 Å². The number of nitrogens with one attached hydrogen (secondary N) is 2. The number of aliphatic carboxylic acids is 1. The molecule has 0 radical (unpaired) electrons. The van der Waals surface area contributed by atoms with Crippen LogP contribution in [-0.2, 0) is 4.79 Å². The lowest BCUT2D eigenvalue weighted by molar-refractivity contribution is -0.136. The third kappa shape index (κ3) is 1.70. The van der Waals surface area contributed by atoms with Gasteiger partial charge in [-0.3, -0.25) is 9.79 Å². The summed E-state index contributed by atoms with van der Waals surface area (Å²) >= 11 is 0. The lowest BCUT2D eigenvalue weighted by Gasteiger charge is -2.10. The number of nitrogens with zero attached hydrogens (tertiary/aromatic N) is 1. The van der Waals surface area contributed by atoms with Crippen LogP contribution in [-0.4, -0.2) is 29.5 Å². The third-order valence-electron chi connectivity index (χ3n) is 2.17. The summed E-state index contributed by atoms with van der Waals surface area (Å²) in [7, 11) is 0. The second kappa shape index (κ2) is 3.18. The summed E-state index contributed by atoms with van der Waals surface area (Å²) in [6.45, 7) is -0.0971. The second-order valence-electron chi connectivity index (χ2n) is 3.18. The minimum Gasteiger partial charge on any atom is -0.480 e. The molecule has 0 aromatic carbocycles. The minimum absolute atomic E-state index is 0.0971. The van der Waals surface area contributed by atoms with E-state index in [1.54, 1.807) is 0 Å².